The van der Waals surface area contributed by atoms with Gasteiger partial charge in [-0.2, -0.15) is 0 Å². The Hall–Kier alpha value is -7.48. The van der Waals surface area contributed by atoms with E-state index in [0.717, 1.165) is 17.1 Å². The van der Waals surface area contributed by atoms with Gasteiger partial charge in [-0.15, -0.1) is 0 Å². The van der Waals surface area contributed by atoms with Crippen LogP contribution < -0.4 is 4.90 Å². The van der Waals surface area contributed by atoms with Gasteiger partial charge in [0, 0.05) is 16.8 Å². The third-order valence-electron chi connectivity index (χ3n) is 11.1. The topological polar surface area (TPSA) is 3.24 Å². The van der Waals surface area contributed by atoms with Crippen molar-refractivity contribution in [3.8, 4) is 55.6 Å². The van der Waals surface area contributed by atoms with E-state index in [-0.39, 0.29) is 0 Å². The fourth-order valence-electron chi connectivity index (χ4n) is 8.20. The predicted molar refractivity (Wildman–Crippen MR) is 243 cm³/mol. The van der Waals surface area contributed by atoms with E-state index in [4.69, 9.17) is 0 Å². The normalized spacial score (nSPS) is 11.2. The van der Waals surface area contributed by atoms with Crippen LogP contribution in [0.1, 0.15) is 0 Å². The van der Waals surface area contributed by atoms with Gasteiger partial charge in [0.05, 0.1) is 5.69 Å². The van der Waals surface area contributed by atoms with Gasteiger partial charge in [-0.25, -0.2) is 0 Å². The van der Waals surface area contributed by atoms with Crippen LogP contribution in [-0.4, -0.2) is 0 Å². The first-order valence-corrected chi connectivity index (χ1v) is 19.6. The molecule has 0 heterocycles. The van der Waals surface area contributed by atoms with Gasteiger partial charge in [0.2, 0.25) is 0 Å². The lowest BCUT2D eigenvalue weighted by Gasteiger charge is -2.27. The molecule has 0 spiro atoms. The molecule has 0 bridgehead atoms. The SMILES string of the molecule is c1ccc(-c2ccc(-c3ccc(-c4ccc(N(c5ccc(-c6cccc7cccc(-c8ccccc8)c67)cc5)c5cccc6ccccc56)cc4)cc3)cc2)cc1. The van der Waals surface area contributed by atoms with Crippen molar-refractivity contribution in [1.82, 2.24) is 0 Å². The summed E-state index contributed by atoms with van der Waals surface area (Å²) in [7, 11) is 0. The molecule has 0 aliphatic carbocycles. The average molecular weight is 726 g/mol. The van der Waals surface area contributed by atoms with Crippen molar-refractivity contribution in [2.45, 2.75) is 0 Å². The van der Waals surface area contributed by atoms with E-state index in [9.17, 15) is 0 Å². The van der Waals surface area contributed by atoms with Gasteiger partial charge in [-0.1, -0.05) is 206 Å². The van der Waals surface area contributed by atoms with E-state index in [2.05, 4.69) is 241 Å². The Labute approximate surface area is 334 Å². The monoisotopic (exact) mass is 725 g/mol. The summed E-state index contributed by atoms with van der Waals surface area (Å²) in [6.07, 6.45) is 0. The minimum atomic E-state index is 1.11. The van der Waals surface area contributed by atoms with Crippen LogP contribution in [0.15, 0.2) is 237 Å². The first-order chi connectivity index (χ1) is 28.3. The number of benzene rings is 10. The van der Waals surface area contributed by atoms with Crippen molar-refractivity contribution < 1.29 is 0 Å². The zero-order valence-electron chi connectivity index (χ0n) is 31.5. The summed E-state index contributed by atoms with van der Waals surface area (Å²) < 4.78 is 0. The van der Waals surface area contributed by atoms with Crippen LogP contribution in [0.2, 0.25) is 0 Å². The van der Waals surface area contributed by atoms with E-state index >= 15 is 0 Å². The molecule has 0 aromatic heterocycles. The maximum atomic E-state index is 2.39. The van der Waals surface area contributed by atoms with Crippen LogP contribution in [-0.2, 0) is 0 Å². The molecule has 268 valence electrons. The summed E-state index contributed by atoms with van der Waals surface area (Å²) in [5, 5.41) is 4.94. The molecular formula is C56H39N. The second kappa shape index (κ2) is 15.0. The van der Waals surface area contributed by atoms with Crippen LogP contribution >= 0.6 is 0 Å². The highest BCUT2D eigenvalue weighted by Crippen LogP contribution is 2.42. The third-order valence-corrected chi connectivity index (χ3v) is 11.1. The number of hydrogen-bond acceptors (Lipinski definition) is 1. The molecule has 10 rings (SSSR count). The molecule has 10 aromatic rings. The number of hydrogen-bond donors (Lipinski definition) is 0. The molecular weight excluding hydrogens is 687 g/mol. The van der Waals surface area contributed by atoms with E-state index in [1.807, 2.05) is 0 Å². The molecule has 0 amide bonds. The van der Waals surface area contributed by atoms with E-state index < -0.39 is 0 Å². The lowest BCUT2D eigenvalue weighted by atomic mass is 9.91. The second-order valence-electron chi connectivity index (χ2n) is 14.5. The lowest BCUT2D eigenvalue weighted by Crippen LogP contribution is -2.10. The Balaban J connectivity index is 0.989. The molecule has 10 aromatic carbocycles. The Morgan fingerprint density at radius 1 is 0.228 bits per heavy atom. The van der Waals surface area contributed by atoms with Gasteiger partial charge in [0.15, 0.2) is 0 Å². The van der Waals surface area contributed by atoms with Crippen LogP contribution in [0.5, 0.6) is 0 Å². The van der Waals surface area contributed by atoms with Gasteiger partial charge < -0.3 is 4.90 Å². The van der Waals surface area contributed by atoms with E-state index in [1.54, 1.807) is 0 Å². The van der Waals surface area contributed by atoms with Crippen molar-refractivity contribution in [3.05, 3.63) is 237 Å². The third kappa shape index (κ3) is 6.66. The van der Waals surface area contributed by atoms with E-state index in [1.165, 1.54) is 77.2 Å². The quantitative estimate of drug-likeness (QED) is 0.151. The molecule has 0 radical (unpaired) electrons. The zero-order chi connectivity index (χ0) is 38.0. The summed E-state index contributed by atoms with van der Waals surface area (Å²) >= 11 is 0. The molecule has 0 saturated carbocycles. The lowest BCUT2D eigenvalue weighted by molar-refractivity contribution is 1.30. The van der Waals surface area contributed by atoms with Crippen molar-refractivity contribution in [1.29, 1.82) is 0 Å². The average Bonchev–Trinajstić information content (AvgIpc) is 3.30. The molecule has 0 fully saturated rings. The standard InChI is InChI=1S/C56H39N/c1-3-12-40(13-4-1)41-24-26-42(27-25-41)43-28-30-44(31-29-43)45-32-36-50(37-33-45)57(55-23-11-17-46-16-7-8-20-52(46)55)51-38-34-48(35-39-51)54-22-10-19-49-18-9-21-53(56(49)54)47-14-5-2-6-15-47/h1-39H. The molecule has 0 atom stereocenters. The summed E-state index contributed by atoms with van der Waals surface area (Å²) in [5.41, 5.74) is 15.5. The molecule has 0 saturated heterocycles. The number of nitrogens with zero attached hydrogens (tertiary/aromatic N) is 1. The largest absolute Gasteiger partial charge is 0.310 e. The Bertz CT molecular complexity index is 2940. The first-order valence-electron chi connectivity index (χ1n) is 19.6. The highest BCUT2D eigenvalue weighted by atomic mass is 15.1. The maximum absolute atomic E-state index is 2.39. The van der Waals surface area contributed by atoms with Crippen LogP contribution in [0.25, 0.3) is 77.2 Å². The van der Waals surface area contributed by atoms with Gasteiger partial charge in [0.25, 0.3) is 0 Å². The summed E-state index contributed by atoms with van der Waals surface area (Å²) in [6.45, 7) is 0. The zero-order valence-corrected chi connectivity index (χ0v) is 31.5. The molecule has 1 nitrogen and oxygen atoms in total. The Morgan fingerprint density at radius 3 is 1.11 bits per heavy atom. The Kier molecular flexibility index (Phi) is 8.95. The van der Waals surface area contributed by atoms with Crippen LogP contribution in [0, 0.1) is 0 Å². The Morgan fingerprint density at radius 2 is 0.579 bits per heavy atom. The summed E-state index contributed by atoms with van der Waals surface area (Å²) in [6, 6.07) is 85.5. The minimum absolute atomic E-state index is 1.11. The van der Waals surface area contributed by atoms with Gasteiger partial charge >= 0.3 is 0 Å². The number of fused-ring (bicyclic) bond motifs is 2. The highest BCUT2D eigenvalue weighted by Gasteiger charge is 2.17. The fraction of sp³-hybridized carbons (Fsp3) is 0. The van der Waals surface area contributed by atoms with E-state index in [0.29, 0.717) is 0 Å². The molecule has 57 heavy (non-hydrogen) atoms. The van der Waals surface area contributed by atoms with Gasteiger partial charge in [0.1, 0.15) is 0 Å². The first kappa shape index (κ1) is 34.0. The predicted octanol–water partition coefficient (Wildman–Crippen LogP) is 15.8. The van der Waals surface area contributed by atoms with Crippen LogP contribution in [0.4, 0.5) is 17.1 Å². The van der Waals surface area contributed by atoms with Crippen molar-refractivity contribution in [2.24, 2.45) is 0 Å². The maximum Gasteiger partial charge on any atom is 0.0540 e. The van der Waals surface area contributed by atoms with Crippen molar-refractivity contribution in [3.63, 3.8) is 0 Å². The molecule has 0 unspecified atom stereocenters. The molecule has 0 aliphatic heterocycles. The van der Waals surface area contributed by atoms with Gasteiger partial charge in [-0.3, -0.25) is 0 Å². The highest BCUT2D eigenvalue weighted by molar-refractivity contribution is 6.06. The smallest absolute Gasteiger partial charge is 0.0540 e. The van der Waals surface area contributed by atoms with Gasteiger partial charge in [-0.05, 0) is 102 Å². The molecule has 1 heteroatoms. The number of anilines is 3. The second-order valence-corrected chi connectivity index (χ2v) is 14.5. The van der Waals surface area contributed by atoms with Crippen molar-refractivity contribution in [2.75, 3.05) is 4.90 Å². The van der Waals surface area contributed by atoms with Crippen LogP contribution in [0.3, 0.4) is 0 Å². The summed E-state index contributed by atoms with van der Waals surface area (Å²) in [5.74, 6) is 0. The molecule has 0 N–H and O–H groups in total. The minimum Gasteiger partial charge on any atom is -0.310 e. The number of rotatable bonds is 8. The van der Waals surface area contributed by atoms with Crippen molar-refractivity contribution >= 4 is 38.6 Å². The molecule has 0 aliphatic rings. The fourth-order valence-corrected chi connectivity index (χ4v) is 8.20. The summed E-state index contributed by atoms with van der Waals surface area (Å²) in [4.78, 5) is 2.39.